The fourth-order valence-electron chi connectivity index (χ4n) is 2.54. The molecule has 2 N–H and O–H groups in total. The van der Waals surface area contributed by atoms with Gasteiger partial charge in [0.15, 0.2) is 0 Å². The third kappa shape index (κ3) is 2.90. The molecule has 24 heavy (non-hydrogen) atoms. The smallest absolute Gasteiger partial charge is 0.257 e. The van der Waals surface area contributed by atoms with Crippen molar-refractivity contribution < 1.29 is 14.3 Å². The molecule has 0 unspecified atom stereocenters. The number of aryl methyl sites for hydroxylation is 1. The van der Waals surface area contributed by atoms with Crippen LogP contribution in [-0.4, -0.2) is 25.1 Å². The van der Waals surface area contributed by atoms with Crippen LogP contribution >= 0.6 is 11.6 Å². The Morgan fingerprint density at radius 3 is 2.67 bits per heavy atom. The second-order valence-electron chi connectivity index (χ2n) is 5.37. The summed E-state index contributed by atoms with van der Waals surface area (Å²) in [6, 6.07) is 8.99. The standard InChI is InChI=1S/C18H17ClN2O3/c1-10-6-16(17(24-3)8-14(10)19)21-18(22)13-9-20-15-7-11(23-2)4-5-12(13)15/h4-9,20H,1-3H3,(H,21,22). The molecular formula is C18H17ClN2O3. The summed E-state index contributed by atoms with van der Waals surface area (Å²) in [5.41, 5.74) is 2.81. The van der Waals surface area contributed by atoms with Crippen LogP contribution in [0.3, 0.4) is 0 Å². The number of ether oxygens (including phenoxy) is 2. The third-order valence-corrected chi connectivity index (χ3v) is 4.27. The zero-order valence-corrected chi connectivity index (χ0v) is 14.3. The zero-order chi connectivity index (χ0) is 17.3. The highest BCUT2D eigenvalue weighted by Crippen LogP contribution is 2.32. The molecule has 0 saturated heterocycles. The quantitative estimate of drug-likeness (QED) is 0.737. The van der Waals surface area contributed by atoms with Gasteiger partial charge in [0.1, 0.15) is 11.5 Å². The maximum atomic E-state index is 12.7. The SMILES string of the molecule is COc1ccc2c(C(=O)Nc3cc(C)c(Cl)cc3OC)c[nH]c2c1. The minimum Gasteiger partial charge on any atom is -0.497 e. The molecule has 3 rings (SSSR count). The van der Waals surface area contributed by atoms with Crippen molar-refractivity contribution in [1.29, 1.82) is 0 Å². The molecule has 0 aliphatic carbocycles. The van der Waals surface area contributed by atoms with Crippen molar-refractivity contribution in [1.82, 2.24) is 4.98 Å². The lowest BCUT2D eigenvalue weighted by molar-refractivity contribution is 0.102. The average Bonchev–Trinajstić information content (AvgIpc) is 3.00. The number of anilines is 1. The number of hydrogen-bond donors (Lipinski definition) is 2. The fourth-order valence-corrected chi connectivity index (χ4v) is 2.69. The van der Waals surface area contributed by atoms with Gasteiger partial charge in [-0.05, 0) is 30.7 Å². The molecule has 2 aromatic carbocycles. The van der Waals surface area contributed by atoms with Crippen LogP contribution in [0.25, 0.3) is 10.9 Å². The van der Waals surface area contributed by atoms with Crippen molar-refractivity contribution in [2.24, 2.45) is 0 Å². The Morgan fingerprint density at radius 1 is 1.17 bits per heavy atom. The number of aromatic amines is 1. The molecule has 0 spiro atoms. The first-order chi connectivity index (χ1) is 11.5. The molecule has 124 valence electrons. The zero-order valence-electron chi connectivity index (χ0n) is 13.6. The van der Waals surface area contributed by atoms with Gasteiger partial charge in [-0.25, -0.2) is 0 Å². The number of amides is 1. The number of halogens is 1. The molecule has 1 amide bonds. The Bertz CT molecular complexity index is 918. The predicted octanol–water partition coefficient (Wildman–Crippen LogP) is 4.40. The summed E-state index contributed by atoms with van der Waals surface area (Å²) in [6.45, 7) is 1.87. The molecule has 0 atom stereocenters. The molecule has 1 heterocycles. The third-order valence-electron chi connectivity index (χ3n) is 3.86. The molecule has 0 saturated carbocycles. The molecule has 6 heteroatoms. The van der Waals surface area contributed by atoms with Gasteiger partial charge in [-0.15, -0.1) is 0 Å². The van der Waals surface area contributed by atoms with E-state index in [1.54, 1.807) is 25.4 Å². The highest BCUT2D eigenvalue weighted by atomic mass is 35.5. The van der Waals surface area contributed by atoms with Gasteiger partial charge in [-0.3, -0.25) is 4.79 Å². The number of H-pyrrole nitrogens is 1. The summed E-state index contributed by atoms with van der Waals surface area (Å²) in [5.74, 6) is 1.01. The van der Waals surface area contributed by atoms with Crippen molar-refractivity contribution in [3.8, 4) is 11.5 Å². The molecule has 0 aliphatic heterocycles. The number of methoxy groups -OCH3 is 2. The van der Waals surface area contributed by atoms with Gasteiger partial charge in [0, 0.05) is 34.3 Å². The Labute approximate surface area is 144 Å². The van der Waals surface area contributed by atoms with Gasteiger partial charge in [0.05, 0.1) is 25.5 Å². The highest BCUT2D eigenvalue weighted by Gasteiger charge is 2.15. The lowest BCUT2D eigenvalue weighted by Crippen LogP contribution is -2.12. The molecule has 3 aromatic rings. The Kier molecular flexibility index (Phi) is 4.36. The molecular weight excluding hydrogens is 328 g/mol. The van der Waals surface area contributed by atoms with Crippen LogP contribution in [0, 0.1) is 6.92 Å². The van der Waals surface area contributed by atoms with Gasteiger partial charge >= 0.3 is 0 Å². The first-order valence-electron chi connectivity index (χ1n) is 7.34. The number of nitrogens with one attached hydrogen (secondary N) is 2. The number of aromatic nitrogens is 1. The summed E-state index contributed by atoms with van der Waals surface area (Å²) in [6.07, 6.45) is 1.68. The predicted molar refractivity (Wildman–Crippen MR) is 95.5 cm³/mol. The summed E-state index contributed by atoms with van der Waals surface area (Å²) in [7, 11) is 3.14. The van der Waals surface area contributed by atoms with E-state index in [9.17, 15) is 4.79 Å². The van der Waals surface area contributed by atoms with Crippen molar-refractivity contribution >= 4 is 34.1 Å². The summed E-state index contributed by atoms with van der Waals surface area (Å²) in [5, 5.41) is 4.28. The maximum absolute atomic E-state index is 12.7. The van der Waals surface area contributed by atoms with E-state index in [1.807, 2.05) is 25.1 Å². The van der Waals surface area contributed by atoms with Crippen LogP contribution in [0.2, 0.25) is 5.02 Å². The number of carbonyl (C=O) groups excluding carboxylic acids is 1. The van der Waals surface area contributed by atoms with Crippen LogP contribution in [0.1, 0.15) is 15.9 Å². The summed E-state index contributed by atoms with van der Waals surface area (Å²) in [4.78, 5) is 15.7. The van der Waals surface area contributed by atoms with Crippen LogP contribution < -0.4 is 14.8 Å². The number of hydrogen-bond acceptors (Lipinski definition) is 3. The second kappa shape index (κ2) is 6.45. The maximum Gasteiger partial charge on any atom is 0.257 e. The van der Waals surface area contributed by atoms with E-state index in [0.717, 1.165) is 22.2 Å². The van der Waals surface area contributed by atoms with Crippen LogP contribution in [0.4, 0.5) is 5.69 Å². The number of fused-ring (bicyclic) bond motifs is 1. The highest BCUT2D eigenvalue weighted by molar-refractivity contribution is 6.31. The molecule has 0 bridgehead atoms. The largest absolute Gasteiger partial charge is 0.497 e. The molecule has 0 aliphatic rings. The van der Waals surface area contributed by atoms with Gasteiger partial charge in [0.25, 0.3) is 5.91 Å². The lowest BCUT2D eigenvalue weighted by atomic mass is 10.1. The van der Waals surface area contributed by atoms with E-state index in [1.165, 1.54) is 7.11 Å². The first kappa shape index (κ1) is 16.2. The Hall–Kier alpha value is -2.66. The van der Waals surface area contributed by atoms with E-state index in [-0.39, 0.29) is 5.91 Å². The first-order valence-corrected chi connectivity index (χ1v) is 7.72. The van der Waals surface area contributed by atoms with Crippen molar-refractivity contribution in [2.75, 3.05) is 19.5 Å². The van der Waals surface area contributed by atoms with E-state index >= 15 is 0 Å². The molecule has 1 aromatic heterocycles. The van der Waals surface area contributed by atoms with E-state index < -0.39 is 0 Å². The van der Waals surface area contributed by atoms with Crippen LogP contribution in [0.5, 0.6) is 11.5 Å². The lowest BCUT2D eigenvalue weighted by Gasteiger charge is -2.12. The fraction of sp³-hybridized carbons (Fsp3) is 0.167. The summed E-state index contributed by atoms with van der Waals surface area (Å²) < 4.78 is 10.5. The monoisotopic (exact) mass is 344 g/mol. The van der Waals surface area contributed by atoms with Crippen LogP contribution in [0.15, 0.2) is 36.5 Å². The molecule has 5 nitrogen and oxygen atoms in total. The normalized spacial score (nSPS) is 10.7. The summed E-state index contributed by atoms with van der Waals surface area (Å²) >= 11 is 6.10. The van der Waals surface area contributed by atoms with Gasteiger partial charge < -0.3 is 19.8 Å². The van der Waals surface area contributed by atoms with Crippen molar-refractivity contribution in [3.63, 3.8) is 0 Å². The minimum atomic E-state index is -0.230. The Morgan fingerprint density at radius 2 is 1.96 bits per heavy atom. The minimum absolute atomic E-state index is 0.230. The van der Waals surface area contributed by atoms with Gasteiger partial charge in [-0.1, -0.05) is 11.6 Å². The molecule has 0 radical (unpaired) electrons. The van der Waals surface area contributed by atoms with E-state index in [0.29, 0.717) is 22.0 Å². The topological polar surface area (TPSA) is 63.4 Å². The Balaban J connectivity index is 1.95. The van der Waals surface area contributed by atoms with Crippen molar-refractivity contribution in [3.05, 3.63) is 52.7 Å². The van der Waals surface area contributed by atoms with Gasteiger partial charge in [0.2, 0.25) is 0 Å². The van der Waals surface area contributed by atoms with E-state index in [4.69, 9.17) is 21.1 Å². The molecule has 0 fully saturated rings. The average molecular weight is 345 g/mol. The van der Waals surface area contributed by atoms with Gasteiger partial charge in [-0.2, -0.15) is 0 Å². The van der Waals surface area contributed by atoms with E-state index in [2.05, 4.69) is 10.3 Å². The number of rotatable bonds is 4. The number of carbonyl (C=O) groups is 1. The number of benzene rings is 2. The van der Waals surface area contributed by atoms with Crippen LogP contribution in [-0.2, 0) is 0 Å². The second-order valence-corrected chi connectivity index (χ2v) is 5.78. The van der Waals surface area contributed by atoms with Crippen molar-refractivity contribution in [2.45, 2.75) is 6.92 Å².